The second kappa shape index (κ2) is 7.45. The lowest BCUT2D eigenvalue weighted by molar-refractivity contribution is -0.121. The van der Waals surface area contributed by atoms with Crippen molar-refractivity contribution in [3.8, 4) is 0 Å². The number of aliphatic hydroxyl groups excluding tert-OH is 1. The topological polar surface area (TPSA) is 63.5 Å². The maximum Gasteiger partial charge on any atom is 0.239 e. The number of rotatable bonds is 6. The molecule has 0 aromatic carbocycles. The first-order chi connectivity index (χ1) is 9.70. The number of nitrogens with zero attached hydrogens (tertiary/aromatic N) is 1. The molecule has 0 saturated carbocycles. The predicted octanol–water partition coefficient (Wildman–Crippen LogP) is 1.40. The van der Waals surface area contributed by atoms with Crippen LogP contribution in [0, 0.1) is 0 Å². The minimum absolute atomic E-state index is 0.000697. The Labute approximate surface area is 119 Å². The van der Waals surface area contributed by atoms with Crippen LogP contribution in [0.2, 0.25) is 0 Å². The lowest BCUT2D eigenvalue weighted by Crippen LogP contribution is -2.28. The number of ether oxygens (including phenoxy) is 1. The average Bonchev–Trinajstić information content (AvgIpc) is 2.74. The molecule has 2 N–H and O–H groups in total. The van der Waals surface area contributed by atoms with E-state index in [4.69, 9.17) is 4.74 Å². The first-order valence-corrected chi connectivity index (χ1v) is 7.33. The number of aryl methyl sites for hydroxylation is 1. The molecule has 5 heteroatoms. The second-order valence-corrected chi connectivity index (χ2v) is 5.37. The van der Waals surface area contributed by atoms with Gasteiger partial charge in [0.1, 0.15) is 6.54 Å². The number of methoxy groups -OCH3 is 1. The van der Waals surface area contributed by atoms with E-state index in [9.17, 15) is 9.90 Å². The maximum absolute atomic E-state index is 11.8. The second-order valence-electron chi connectivity index (χ2n) is 5.37. The van der Waals surface area contributed by atoms with E-state index in [1.54, 1.807) is 7.11 Å². The molecule has 1 heterocycles. The number of fused-ring (bicyclic) bond motifs is 1. The molecule has 0 bridgehead atoms. The van der Waals surface area contributed by atoms with E-state index in [0.29, 0.717) is 19.7 Å². The van der Waals surface area contributed by atoms with Crippen molar-refractivity contribution in [3.63, 3.8) is 0 Å². The van der Waals surface area contributed by atoms with Gasteiger partial charge in [-0.05, 0) is 31.2 Å². The normalized spacial score (nSPS) is 18.4. The number of amides is 1. The third-order valence-electron chi connectivity index (χ3n) is 3.70. The Morgan fingerprint density at radius 2 is 2.35 bits per heavy atom. The molecule has 0 aliphatic heterocycles. The Bertz CT molecular complexity index is 442. The van der Waals surface area contributed by atoms with Crippen LogP contribution in [0.15, 0.2) is 12.4 Å². The molecular weight excluding hydrogens is 256 g/mol. The van der Waals surface area contributed by atoms with Gasteiger partial charge in [0.05, 0.1) is 6.10 Å². The highest BCUT2D eigenvalue weighted by Crippen LogP contribution is 2.29. The summed E-state index contributed by atoms with van der Waals surface area (Å²) < 4.78 is 6.82. The molecule has 0 radical (unpaired) electrons. The first kappa shape index (κ1) is 15.1. The standard InChI is InChI=1S/C15H24N2O3/c1-20-8-4-7-16-15(19)11-17-9-12-5-2-3-6-14(18)13(12)10-17/h9-10,14,18H,2-8,11H2,1H3,(H,16,19). The van der Waals surface area contributed by atoms with Gasteiger partial charge < -0.3 is 19.7 Å². The van der Waals surface area contributed by atoms with Gasteiger partial charge in [-0.3, -0.25) is 4.79 Å². The summed E-state index contributed by atoms with van der Waals surface area (Å²) in [6.45, 7) is 1.60. The van der Waals surface area contributed by atoms with Gasteiger partial charge in [-0.15, -0.1) is 0 Å². The Morgan fingerprint density at radius 1 is 1.50 bits per heavy atom. The Kier molecular flexibility index (Phi) is 5.61. The summed E-state index contributed by atoms with van der Waals surface area (Å²) in [7, 11) is 1.65. The van der Waals surface area contributed by atoms with Crippen LogP contribution >= 0.6 is 0 Å². The van der Waals surface area contributed by atoms with Crippen molar-refractivity contribution in [2.45, 2.75) is 44.8 Å². The maximum atomic E-state index is 11.8. The summed E-state index contributed by atoms with van der Waals surface area (Å²) >= 11 is 0. The molecular formula is C15H24N2O3. The molecule has 1 aromatic rings. The Hall–Kier alpha value is -1.33. The van der Waals surface area contributed by atoms with Gasteiger partial charge in [0, 0.05) is 38.2 Å². The predicted molar refractivity (Wildman–Crippen MR) is 76.4 cm³/mol. The minimum Gasteiger partial charge on any atom is -0.388 e. The Morgan fingerprint density at radius 3 is 3.15 bits per heavy atom. The van der Waals surface area contributed by atoms with E-state index in [2.05, 4.69) is 5.32 Å². The van der Waals surface area contributed by atoms with Crippen molar-refractivity contribution in [1.82, 2.24) is 9.88 Å². The Balaban J connectivity index is 1.87. The fourth-order valence-electron chi connectivity index (χ4n) is 2.65. The summed E-state index contributed by atoms with van der Waals surface area (Å²) in [6, 6.07) is 0. The van der Waals surface area contributed by atoms with Gasteiger partial charge in [-0.1, -0.05) is 6.42 Å². The van der Waals surface area contributed by atoms with Gasteiger partial charge >= 0.3 is 0 Å². The van der Waals surface area contributed by atoms with Gasteiger partial charge in [0.2, 0.25) is 5.91 Å². The zero-order chi connectivity index (χ0) is 14.4. The fraction of sp³-hybridized carbons (Fsp3) is 0.667. The van der Waals surface area contributed by atoms with Gasteiger partial charge in [-0.25, -0.2) is 0 Å². The van der Waals surface area contributed by atoms with Crippen molar-refractivity contribution in [2.75, 3.05) is 20.3 Å². The lowest BCUT2D eigenvalue weighted by Gasteiger charge is -2.07. The molecule has 1 amide bonds. The van der Waals surface area contributed by atoms with E-state index in [1.807, 2.05) is 17.0 Å². The molecule has 20 heavy (non-hydrogen) atoms. The van der Waals surface area contributed by atoms with Crippen LogP contribution in [0.25, 0.3) is 0 Å². The number of hydrogen-bond acceptors (Lipinski definition) is 3. The van der Waals surface area contributed by atoms with Crippen molar-refractivity contribution < 1.29 is 14.6 Å². The summed E-state index contributed by atoms with van der Waals surface area (Å²) in [5.74, 6) is 0.000697. The van der Waals surface area contributed by atoms with Gasteiger partial charge in [0.25, 0.3) is 0 Å². The largest absolute Gasteiger partial charge is 0.388 e. The number of nitrogens with one attached hydrogen (secondary N) is 1. The highest BCUT2D eigenvalue weighted by atomic mass is 16.5. The summed E-state index contributed by atoms with van der Waals surface area (Å²) in [5.41, 5.74) is 2.18. The van der Waals surface area contributed by atoms with Crippen molar-refractivity contribution in [2.24, 2.45) is 0 Å². The van der Waals surface area contributed by atoms with Crippen LogP contribution in [-0.2, 0) is 22.5 Å². The van der Waals surface area contributed by atoms with Crippen LogP contribution in [-0.4, -0.2) is 35.8 Å². The summed E-state index contributed by atoms with van der Waals surface area (Å²) in [5, 5.41) is 12.9. The number of carbonyl (C=O) groups is 1. The van der Waals surface area contributed by atoms with Gasteiger partial charge in [0.15, 0.2) is 0 Å². The highest BCUT2D eigenvalue weighted by molar-refractivity contribution is 5.75. The molecule has 0 spiro atoms. The molecule has 2 rings (SSSR count). The third-order valence-corrected chi connectivity index (χ3v) is 3.70. The molecule has 112 valence electrons. The van der Waals surface area contributed by atoms with Crippen molar-refractivity contribution in [1.29, 1.82) is 0 Å². The summed E-state index contributed by atoms with van der Waals surface area (Å²) in [4.78, 5) is 11.8. The lowest BCUT2D eigenvalue weighted by atomic mass is 10.1. The van der Waals surface area contributed by atoms with E-state index >= 15 is 0 Å². The number of aromatic nitrogens is 1. The van der Waals surface area contributed by atoms with Crippen molar-refractivity contribution in [3.05, 3.63) is 23.5 Å². The summed E-state index contributed by atoms with van der Waals surface area (Å²) in [6.07, 6.45) is 8.35. The van der Waals surface area contributed by atoms with Crippen LogP contribution in [0.5, 0.6) is 0 Å². The number of aliphatic hydroxyl groups is 1. The molecule has 1 aromatic heterocycles. The molecule has 1 aliphatic rings. The van der Waals surface area contributed by atoms with Crippen LogP contribution in [0.3, 0.4) is 0 Å². The average molecular weight is 280 g/mol. The smallest absolute Gasteiger partial charge is 0.239 e. The monoisotopic (exact) mass is 280 g/mol. The van der Waals surface area contributed by atoms with Crippen molar-refractivity contribution >= 4 is 5.91 Å². The molecule has 0 fully saturated rings. The molecule has 1 atom stereocenters. The van der Waals surface area contributed by atoms with Crippen LogP contribution < -0.4 is 5.32 Å². The minimum atomic E-state index is -0.376. The molecule has 1 aliphatic carbocycles. The van der Waals surface area contributed by atoms with E-state index in [0.717, 1.165) is 37.7 Å². The zero-order valence-corrected chi connectivity index (χ0v) is 12.1. The van der Waals surface area contributed by atoms with Gasteiger partial charge in [-0.2, -0.15) is 0 Å². The van der Waals surface area contributed by atoms with Crippen LogP contribution in [0.4, 0.5) is 0 Å². The highest BCUT2D eigenvalue weighted by Gasteiger charge is 2.18. The number of carbonyl (C=O) groups excluding carboxylic acids is 1. The van der Waals surface area contributed by atoms with E-state index < -0.39 is 0 Å². The first-order valence-electron chi connectivity index (χ1n) is 7.33. The quantitative estimate of drug-likeness (QED) is 0.611. The van der Waals surface area contributed by atoms with E-state index in [-0.39, 0.29) is 12.0 Å². The molecule has 5 nitrogen and oxygen atoms in total. The molecule has 1 unspecified atom stereocenters. The third kappa shape index (κ3) is 4.08. The number of hydrogen-bond donors (Lipinski definition) is 2. The van der Waals surface area contributed by atoms with E-state index in [1.165, 1.54) is 5.56 Å². The zero-order valence-electron chi connectivity index (χ0n) is 12.1. The fourth-order valence-corrected chi connectivity index (χ4v) is 2.65. The van der Waals surface area contributed by atoms with Crippen LogP contribution in [0.1, 0.15) is 42.9 Å². The SMILES string of the molecule is COCCCNC(=O)Cn1cc2c(c1)C(O)CCCC2. The molecule has 0 saturated heterocycles.